The van der Waals surface area contributed by atoms with Crippen LogP contribution in [0.3, 0.4) is 0 Å². The van der Waals surface area contributed by atoms with Crippen molar-refractivity contribution >= 4 is 0 Å². The van der Waals surface area contributed by atoms with Crippen molar-refractivity contribution in [1.82, 2.24) is 4.90 Å². The zero-order valence-electron chi connectivity index (χ0n) is 9.25. The number of piperidine rings is 1. The van der Waals surface area contributed by atoms with Crippen molar-refractivity contribution in [3.8, 4) is 0 Å². The molecule has 0 unspecified atom stereocenters. The van der Waals surface area contributed by atoms with Gasteiger partial charge in [0.05, 0.1) is 6.61 Å². The number of likely N-dealkylation sites (tertiary alicyclic amines) is 1. The average molecular weight is 190 g/mol. The fourth-order valence-corrected chi connectivity index (χ4v) is 1.40. The van der Waals surface area contributed by atoms with E-state index in [0.717, 1.165) is 39.1 Å². The third-order valence-electron chi connectivity index (χ3n) is 2.24. The molecule has 1 aliphatic rings. The lowest BCUT2D eigenvalue weighted by Crippen LogP contribution is -2.40. The second-order valence-corrected chi connectivity index (χ2v) is 3.17. The minimum atomic E-state index is 0. The normalized spacial score (nSPS) is 19.4. The molecular formula is C10H26N2O. The van der Waals surface area contributed by atoms with E-state index < -0.39 is 0 Å². The Balaban J connectivity index is 0. The van der Waals surface area contributed by atoms with Crippen molar-refractivity contribution in [3.05, 3.63) is 0 Å². The fraction of sp³-hybridized carbons (Fsp3) is 1.00. The molecule has 1 fully saturated rings. The highest BCUT2D eigenvalue weighted by molar-refractivity contribution is 4.73. The summed E-state index contributed by atoms with van der Waals surface area (Å²) in [5.41, 5.74) is 5.77. The third-order valence-corrected chi connectivity index (χ3v) is 2.24. The molecule has 2 N–H and O–H groups in total. The van der Waals surface area contributed by atoms with Crippen LogP contribution in [0.4, 0.5) is 0 Å². The lowest BCUT2D eigenvalue weighted by molar-refractivity contribution is 0.130. The predicted octanol–water partition coefficient (Wildman–Crippen LogP) is 1.33. The van der Waals surface area contributed by atoms with E-state index in [4.69, 9.17) is 10.5 Å². The molecule has 0 aromatic heterocycles. The third kappa shape index (κ3) is 6.02. The topological polar surface area (TPSA) is 38.5 Å². The number of hydrogen-bond donors (Lipinski definition) is 1. The molecule has 0 radical (unpaired) electrons. The summed E-state index contributed by atoms with van der Waals surface area (Å²) in [5, 5.41) is 0. The first kappa shape index (κ1) is 12.9. The summed E-state index contributed by atoms with van der Waals surface area (Å²) in [7, 11) is 1.75. The maximum Gasteiger partial charge on any atom is 0.0589 e. The molecule has 3 nitrogen and oxygen atoms in total. The molecule has 1 heterocycles. The van der Waals surface area contributed by atoms with Gasteiger partial charge in [-0.25, -0.2) is 0 Å². The Bertz CT molecular complexity index is 104. The van der Waals surface area contributed by atoms with E-state index in [2.05, 4.69) is 4.90 Å². The molecule has 1 saturated heterocycles. The van der Waals surface area contributed by atoms with Crippen LogP contribution in [-0.2, 0) is 4.74 Å². The number of ether oxygens (including phenoxy) is 1. The Kier molecular flexibility index (Phi) is 8.40. The van der Waals surface area contributed by atoms with Gasteiger partial charge in [-0.2, -0.15) is 0 Å². The zero-order chi connectivity index (χ0) is 10.1. The van der Waals surface area contributed by atoms with Gasteiger partial charge in [0.2, 0.25) is 0 Å². The van der Waals surface area contributed by atoms with E-state index in [1.165, 1.54) is 0 Å². The van der Waals surface area contributed by atoms with Gasteiger partial charge >= 0.3 is 0 Å². The number of methoxy groups -OCH3 is 1. The summed E-state index contributed by atoms with van der Waals surface area (Å²) in [6.45, 7) is 8.19. The van der Waals surface area contributed by atoms with Gasteiger partial charge in [-0.3, -0.25) is 0 Å². The summed E-state index contributed by atoms with van der Waals surface area (Å²) in [6.07, 6.45) is 2.29. The Hall–Kier alpha value is -0.120. The minimum absolute atomic E-state index is 0. The van der Waals surface area contributed by atoms with Crippen LogP contribution >= 0.6 is 0 Å². The van der Waals surface area contributed by atoms with Gasteiger partial charge in [-0.15, -0.1) is 0 Å². The van der Waals surface area contributed by atoms with Gasteiger partial charge in [0.15, 0.2) is 0 Å². The summed E-state index contributed by atoms with van der Waals surface area (Å²) in [6, 6.07) is 0.439. The molecule has 0 bridgehead atoms. The van der Waals surface area contributed by atoms with E-state index in [0.29, 0.717) is 6.04 Å². The molecular weight excluding hydrogens is 164 g/mol. The molecule has 0 aromatic rings. The van der Waals surface area contributed by atoms with E-state index >= 15 is 0 Å². The van der Waals surface area contributed by atoms with Crippen molar-refractivity contribution in [2.45, 2.75) is 32.7 Å². The van der Waals surface area contributed by atoms with Crippen LogP contribution in [0, 0.1) is 0 Å². The summed E-state index contributed by atoms with van der Waals surface area (Å²) in [4.78, 5) is 2.41. The number of nitrogens with two attached hydrogens (primary N) is 1. The van der Waals surface area contributed by atoms with Gasteiger partial charge < -0.3 is 15.4 Å². The van der Waals surface area contributed by atoms with Crippen molar-refractivity contribution < 1.29 is 6.16 Å². The van der Waals surface area contributed by atoms with E-state index in [9.17, 15) is 0 Å². The summed E-state index contributed by atoms with van der Waals surface area (Å²) >= 11 is 0. The lowest BCUT2D eigenvalue weighted by Gasteiger charge is -2.29. The highest BCUT2D eigenvalue weighted by Crippen LogP contribution is 2.06. The first-order valence-electron chi connectivity index (χ1n) is 5.30. The standard InChI is InChI=1S/C8H18N2O.C2H6.H2/c1-11-7-6-10-4-2-8(9)3-5-10;1-2;/h8H,2-7,9H2,1H3;1-2H3;1H. The lowest BCUT2D eigenvalue weighted by atomic mass is 10.1. The fourth-order valence-electron chi connectivity index (χ4n) is 1.40. The molecule has 0 aliphatic carbocycles. The van der Waals surface area contributed by atoms with Crippen molar-refractivity contribution in [2.24, 2.45) is 5.73 Å². The Morgan fingerprint density at radius 2 is 1.92 bits per heavy atom. The van der Waals surface area contributed by atoms with Gasteiger partial charge in [0.1, 0.15) is 0 Å². The van der Waals surface area contributed by atoms with Crippen molar-refractivity contribution in [3.63, 3.8) is 0 Å². The molecule has 82 valence electrons. The maximum absolute atomic E-state index is 5.77. The first-order valence-corrected chi connectivity index (χ1v) is 5.30. The Morgan fingerprint density at radius 1 is 1.38 bits per heavy atom. The molecule has 0 spiro atoms. The van der Waals surface area contributed by atoms with Gasteiger partial charge in [-0.1, -0.05) is 13.8 Å². The molecule has 3 heteroatoms. The molecule has 0 saturated carbocycles. The predicted molar refractivity (Wildman–Crippen MR) is 59.0 cm³/mol. The SMILES string of the molecule is CC.COCCN1CCC(N)CC1.[HH]. The Labute approximate surface area is 83.7 Å². The smallest absolute Gasteiger partial charge is 0.0589 e. The molecule has 0 aromatic carbocycles. The van der Waals surface area contributed by atoms with Crippen LogP contribution in [0.1, 0.15) is 28.1 Å². The molecule has 1 rings (SSSR count). The van der Waals surface area contributed by atoms with E-state index in [1.54, 1.807) is 7.11 Å². The quantitative estimate of drug-likeness (QED) is 0.729. The van der Waals surface area contributed by atoms with E-state index in [1.807, 2.05) is 13.8 Å². The minimum Gasteiger partial charge on any atom is -0.383 e. The van der Waals surface area contributed by atoms with Crippen LogP contribution < -0.4 is 5.73 Å². The second kappa shape index (κ2) is 8.48. The van der Waals surface area contributed by atoms with Crippen LogP contribution in [-0.4, -0.2) is 44.3 Å². The number of nitrogens with zero attached hydrogens (tertiary/aromatic N) is 1. The van der Waals surface area contributed by atoms with Crippen LogP contribution in [0.2, 0.25) is 0 Å². The molecule has 0 amide bonds. The van der Waals surface area contributed by atoms with E-state index in [-0.39, 0.29) is 1.43 Å². The van der Waals surface area contributed by atoms with Crippen LogP contribution in [0.5, 0.6) is 0 Å². The van der Waals surface area contributed by atoms with Gasteiger partial charge in [0, 0.05) is 21.1 Å². The number of rotatable bonds is 3. The zero-order valence-corrected chi connectivity index (χ0v) is 9.25. The molecule has 0 atom stereocenters. The second-order valence-electron chi connectivity index (χ2n) is 3.17. The molecule has 1 aliphatic heterocycles. The van der Waals surface area contributed by atoms with Crippen molar-refractivity contribution in [1.29, 1.82) is 0 Å². The summed E-state index contributed by atoms with van der Waals surface area (Å²) < 4.78 is 5.00. The molecule has 13 heavy (non-hydrogen) atoms. The maximum atomic E-state index is 5.77. The first-order chi connectivity index (χ1) is 6.33. The Morgan fingerprint density at radius 3 is 2.38 bits per heavy atom. The van der Waals surface area contributed by atoms with Gasteiger partial charge in [-0.05, 0) is 25.9 Å². The highest BCUT2D eigenvalue weighted by atomic mass is 16.5. The van der Waals surface area contributed by atoms with Crippen LogP contribution in [0.15, 0.2) is 0 Å². The monoisotopic (exact) mass is 190 g/mol. The largest absolute Gasteiger partial charge is 0.383 e. The van der Waals surface area contributed by atoms with Crippen LogP contribution in [0.25, 0.3) is 0 Å². The van der Waals surface area contributed by atoms with Crippen molar-refractivity contribution in [2.75, 3.05) is 33.4 Å². The van der Waals surface area contributed by atoms with Gasteiger partial charge in [0.25, 0.3) is 0 Å². The highest BCUT2D eigenvalue weighted by Gasteiger charge is 2.14. The average Bonchev–Trinajstić information content (AvgIpc) is 2.20. The number of hydrogen-bond acceptors (Lipinski definition) is 3. The summed E-state index contributed by atoms with van der Waals surface area (Å²) in [5.74, 6) is 0.